The van der Waals surface area contributed by atoms with Crippen molar-refractivity contribution in [3.05, 3.63) is 231 Å². The Labute approximate surface area is 518 Å². The van der Waals surface area contributed by atoms with Gasteiger partial charge in [-0.25, -0.2) is 9.97 Å². The smallest absolute Gasteiger partial charge is 0.144 e. The molecule has 6 aromatic heterocycles. The Morgan fingerprint density at radius 2 is 1.61 bits per heavy atom. The summed E-state index contributed by atoms with van der Waals surface area (Å²) in [7, 11) is 0. The summed E-state index contributed by atoms with van der Waals surface area (Å²) < 4.78 is 14.4. The molecule has 10 heterocycles. The summed E-state index contributed by atoms with van der Waals surface area (Å²) in [6, 6.07) is 31.5. The summed E-state index contributed by atoms with van der Waals surface area (Å²) >= 11 is 3.23. The van der Waals surface area contributed by atoms with Gasteiger partial charge in [-0.2, -0.15) is 0 Å². The van der Waals surface area contributed by atoms with Crippen LogP contribution in [0.15, 0.2) is 218 Å². The molecule has 7 unspecified atom stereocenters. The summed E-state index contributed by atoms with van der Waals surface area (Å²) in [4.78, 5) is 39.4. The van der Waals surface area contributed by atoms with Gasteiger partial charge in [0.1, 0.15) is 38.9 Å². The van der Waals surface area contributed by atoms with E-state index in [9.17, 15) is 5.11 Å². The van der Waals surface area contributed by atoms with E-state index >= 15 is 0 Å². The number of furan rings is 1. The van der Waals surface area contributed by atoms with E-state index in [-0.39, 0.29) is 29.2 Å². The third kappa shape index (κ3) is 9.93. The van der Waals surface area contributed by atoms with Gasteiger partial charge in [-0.1, -0.05) is 78.5 Å². The highest BCUT2D eigenvalue weighted by Gasteiger charge is 2.45. The molecule has 12 nitrogen and oxygen atoms in total. The third-order valence-electron chi connectivity index (χ3n) is 18.5. The molecule has 3 N–H and O–H groups in total. The highest BCUT2D eigenvalue weighted by Crippen LogP contribution is 2.54. The number of pyridine rings is 3. The quantitative estimate of drug-likeness (QED) is 0.0836. The Balaban J connectivity index is 0.621. The van der Waals surface area contributed by atoms with E-state index in [1.54, 1.807) is 17.8 Å². The number of hydrogen-bond donors (Lipinski definition) is 2. The van der Waals surface area contributed by atoms with Crippen LogP contribution in [0.4, 0.5) is 5.69 Å². The number of anilines is 1. The number of nitrogens with two attached hydrogens (primary N) is 1. The fourth-order valence-electron chi connectivity index (χ4n) is 14.3. The Bertz CT molecular complexity index is 4510. The van der Waals surface area contributed by atoms with E-state index in [1.807, 2.05) is 79.9 Å². The molecule has 0 fully saturated rings. The number of thiophene rings is 1. The molecule has 0 bridgehead atoms. The van der Waals surface area contributed by atoms with Crippen molar-refractivity contribution in [1.29, 1.82) is 0 Å². The number of aliphatic imine (C=N–C) groups is 3. The molecular weight excluding hydrogens is 1130 g/mol. The molecule has 88 heavy (non-hydrogen) atoms. The minimum absolute atomic E-state index is 0.0300. The molecule has 3 aromatic carbocycles. The molecule has 3 aliphatic carbocycles. The number of aliphatic hydroxyl groups is 1. The Kier molecular flexibility index (Phi) is 14.3. The second-order valence-corrected chi connectivity index (χ2v) is 25.7. The van der Waals surface area contributed by atoms with E-state index < -0.39 is 6.10 Å². The van der Waals surface area contributed by atoms with E-state index in [4.69, 9.17) is 34.8 Å². The van der Waals surface area contributed by atoms with E-state index in [0.717, 1.165) is 133 Å². The van der Waals surface area contributed by atoms with Gasteiger partial charge in [0.15, 0.2) is 0 Å². The molecular formula is C74H61N9O3S2. The highest BCUT2D eigenvalue weighted by atomic mass is 32.2. The molecule has 9 aromatic rings. The second-order valence-electron chi connectivity index (χ2n) is 23.5. The van der Waals surface area contributed by atoms with Crippen LogP contribution in [0.25, 0.3) is 83.7 Å². The van der Waals surface area contributed by atoms with Crippen LogP contribution in [0, 0.1) is 11.8 Å². The topological polar surface area (TPSA) is 170 Å². The van der Waals surface area contributed by atoms with Gasteiger partial charge in [0, 0.05) is 109 Å². The number of ether oxygens (including phenoxy) is 1. The van der Waals surface area contributed by atoms with Crippen molar-refractivity contribution < 1.29 is 14.3 Å². The molecule has 0 radical (unpaired) electrons. The van der Waals surface area contributed by atoms with Crippen LogP contribution in [0.3, 0.4) is 0 Å². The Hall–Kier alpha value is -9.21. The molecule has 7 aliphatic rings. The fraction of sp³-hybridized carbons (Fsp3) is 0.216. The van der Waals surface area contributed by atoms with Crippen LogP contribution < -0.4 is 5.73 Å². The molecule has 4 aliphatic heterocycles. The first-order chi connectivity index (χ1) is 43.5. The molecule has 0 saturated carbocycles. The predicted molar refractivity (Wildman–Crippen MR) is 358 cm³/mol. The van der Waals surface area contributed by atoms with E-state index in [0.29, 0.717) is 29.2 Å². The van der Waals surface area contributed by atoms with Crippen LogP contribution in [0.5, 0.6) is 0 Å². The number of fused-ring (bicyclic) bond motifs is 7. The van der Waals surface area contributed by atoms with Crippen LogP contribution in [-0.4, -0.2) is 66.7 Å². The summed E-state index contributed by atoms with van der Waals surface area (Å²) in [5.74, 6) is 2.70. The predicted octanol–water partition coefficient (Wildman–Crippen LogP) is 16.9. The van der Waals surface area contributed by atoms with Crippen molar-refractivity contribution in [3.63, 3.8) is 0 Å². The van der Waals surface area contributed by atoms with Crippen molar-refractivity contribution >= 4 is 86.5 Å². The number of hydrogen-bond acceptors (Lipinski definition) is 14. The maximum absolute atomic E-state index is 11.5. The van der Waals surface area contributed by atoms with Crippen molar-refractivity contribution in [2.24, 2.45) is 26.8 Å². The standard InChI is InChI=1S/C74H61N9O3S2/c75-67-64(18-17-63(84)52-9-2-1-8-51(52)44-21-30-77-31-22-44)87-74-68(67)83-62(42-82-74)59-16-6-15-58-57-14-5-13-56(71(57)86-72(58)59)55-12-4-11-54-53-10-3-7-47(69(53)85-70(54)55)27-36-80-65-40-49-37-50(41-81-73(49)88-65)66-60(45-23-32-78-33-24-45)38-48(43-19-28-76-29-20-43)39-61(66)46-25-34-79-35-26-46/h1-2,5-9,12,14-21,23-26,28-30,32-36,38-42,49-50,54,56,63,70,73,84H,3-4,10-11,13,22,27,31,37,75H2/b18-17-,80-36?. The fourth-order valence-corrected chi connectivity index (χ4v) is 16.3. The van der Waals surface area contributed by atoms with Crippen molar-refractivity contribution in [2.75, 3.05) is 12.3 Å². The minimum Gasteiger partial charge on any atom is -0.485 e. The van der Waals surface area contributed by atoms with Crippen molar-refractivity contribution in [3.8, 4) is 44.6 Å². The van der Waals surface area contributed by atoms with Gasteiger partial charge >= 0.3 is 0 Å². The van der Waals surface area contributed by atoms with Crippen LogP contribution in [0.2, 0.25) is 0 Å². The largest absolute Gasteiger partial charge is 0.485 e. The van der Waals surface area contributed by atoms with Crippen molar-refractivity contribution in [2.45, 2.75) is 80.8 Å². The SMILES string of the molecule is Nc1c(/C=C\C(O)c2ccccc2C2=CC=NCC2)sc2ncc(-c3cccc4c5c(oc34)C(C3=CCCC4C6=C(OC34)C(CC=NC3=CC4CC(c7c(-c8ccncc8)cc(-c8ccncc8)cc7-c7ccncc7)C=NC4S3)=CCC6)CC=C5)nc12. The molecule has 432 valence electrons. The first kappa shape index (κ1) is 54.2. The summed E-state index contributed by atoms with van der Waals surface area (Å²) in [5, 5.41) is 13.6. The molecule has 14 heteroatoms. The average molecular weight is 1190 g/mol. The maximum atomic E-state index is 11.5. The number of allylic oxidation sites excluding steroid dienone is 5. The maximum Gasteiger partial charge on any atom is 0.144 e. The van der Waals surface area contributed by atoms with Gasteiger partial charge in [0.25, 0.3) is 0 Å². The lowest BCUT2D eigenvalue weighted by molar-refractivity contribution is 0.131. The summed E-state index contributed by atoms with van der Waals surface area (Å²) in [5.41, 5.74) is 26.6. The van der Waals surface area contributed by atoms with E-state index in [1.165, 1.54) is 50.3 Å². The zero-order valence-corrected chi connectivity index (χ0v) is 49.8. The number of dihydropyridines is 1. The molecule has 0 amide bonds. The van der Waals surface area contributed by atoms with Crippen LogP contribution >= 0.6 is 23.1 Å². The number of thioether (sulfide) groups is 1. The number of para-hydroxylation sites is 1. The van der Waals surface area contributed by atoms with Crippen LogP contribution in [-0.2, 0) is 4.74 Å². The summed E-state index contributed by atoms with van der Waals surface area (Å²) in [6.45, 7) is 0.742. The van der Waals surface area contributed by atoms with Gasteiger partial charge < -0.3 is 20.0 Å². The highest BCUT2D eigenvalue weighted by molar-refractivity contribution is 8.03. The lowest BCUT2D eigenvalue weighted by Crippen LogP contribution is -2.28. The molecule has 7 atom stereocenters. The van der Waals surface area contributed by atoms with Gasteiger partial charge in [0.2, 0.25) is 0 Å². The Morgan fingerprint density at radius 1 is 0.830 bits per heavy atom. The van der Waals surface area contributed by atoms with Gasteiger partial charge in [-0.05, 0) is 190 Å². The number of nitrogen functional groups attached to an aromatic ring is 1. The second kappa shape index (κ2) is 23.1. The molecule has 0 spiro atoms. The van der Waals surface area contributed by atoms with Gasteiger partial charge in [-0.3, -0.25) is 29.9 Å². The monoisotopic (exact) mass is 1190 g/mol. The number of benzene rings is 3. The minimum atomic E-state index is -0.829. The normalized spacial score (nSPS) is 22.3. The van der Waals surface area contributed by atoms with Gasteiger partial charge in [-0.15, -0.1) is 11.3 Å². The third-order valence-corrected chi connectivity index (χ3v) is 20.7. The molecule has 0 saturated heterocycles. The van der Waals surface area contributed by atoms with Gasteiger partial charge in [0.05, 0.1) is 33.6 Å². The zero-order valence-electron chi connectivity index (χ0n) is 48.2. The number of rotatable bonds is 13. The number of aromatic nitrogens is 5. The lowest BCUT2D eigenvalue weighted by atomic mass is 9.73. The lowest BCUT2D eigenvalue weighted by Gasteiger charge is -2.32. The number of nitrogens with zero attached hydrogens (tertiary/aromatic N) is 8. The van der Waals surface area contributed by atoms with E-state index in [2.05, 4.69) is 136 Å². The van der Waals surface area contributed by atoms with Crippen molar-refractivity contribution in [1.82, 2.24) is 24.9 Å². The first-order valence-electron chi connectivity index (χ1n) is 30.5. The van der Waals surface area contributed by atoms with Crippen LogP contribution in [0.1, 0.15) is 102 Å². The number of aliphatic hydroxyl groups excluding tert-OH is 1. The Morgan fingerprint density at radius 3 is 2.41 bits per heavy atom. The zero-order chi connectivity index (χ0) is 58.7. The average Bonchev–Trinajstić information content (AvgIpc) is 1.89. The first-order valence-corrected chi connectivity index (χ1v) is 32.2. The molecule has 16 rings (SSSR count). The summed E-state index contributed by atoms with van der Waals surface area (Å²) in [6.07, 6.45) is 43.0.